The first-order chi connectivity index (χ1) is 9.62. The van der Waals surface area contributed by atoms with Gasteiger partial charge in [0.15, 0.2) is 0 Å². The molecule has 108 valence electrons. The molecule has 1 aromatic carbocycles. The van der Waals surface area contributed by atoms with Gasteiger partial charge in [-0.15, -0.1) is 0 Å². The molecule has 0 amide bonds. The molecule has 2 aromatic rings. The van der Waals surface area contributed by atoms with Gasteiger partial charge in [0, 0.05) is 16.6 Å². The molecule has 4 nitrogen and oxygen atoms in total. The maximum atomic E-state index is 6.30. The van der Waals surface area contributed by atoms with E-state index in [2.05, 4.69) is 26.3 Å². The number of halogens is 2. The molecule has 0 aliphatic carbocycles. The number of ether oxygens (including phenoxy) is 1. The Morgan fingerprint density at radius 1 is 1.50 bits per heavy atom. The number of aryl methyl sites for hydroxylation is 1. The molecule has 0 saturated carbocycles. The zero-order valence-corrected chi connectivity index (χ0v) is 14.0. The number of hydrogen-bond acceptors (Lipinski definition) is 3. The molecule has 0 aliphatic heterocycles. The Balaban J connectivity index is 2.55. The Kier molecular flexibility index (Phi) is 5.07. The van der Waals surface area contributed by atoms with Gasteiger partial charge in [0.05, 0.1) is 30.1 Å². The summed E-state index contributed by atoms with van der Waals surface area (Å²) in [5.41, 5.74) is 1.97. The quantitative estimate of drug-likeness (QED) is 0.887. The van der Waals surface area contributed by atoms with E-state index in [0.717, 1.165) is 28.0 Å². The third-order valence-electron chi connectivity index (χ3n) is 3.20. The molecular formula is C14H17BrClN3O. The van der Waals surface area contributed by atoms with Crippen molar-refractivity contribution in [3.63, 3.8) is 0 Å². The summed E-state index contributed by atoms with van der Waals surface area (Å²) < 4.78 is 8.35. The molecular weight excluding hydrogens is 342 g/mol. The van der Waals surface area contributed by atoms with Gasteiger partial charge in [-0.3, -0.25) is 4.68 Å². The lowest BCUT2D eigenvalue weighted by molar-refractivity contribution is 0.403. The smallest absolute Gasteiger partial charge is 0.125 e. The number of nitrogens with one attached hydrogen (secondary N) is 1. The Morgan fingerprint density at radius 3 is 2.85 bits per heavy atom. The zero-order chi connectivity index (χ0) is 14.7. The van der Waals surface area contributed by atoms with Crippen molar-refractivity contribution in [2.45, 2.75) is 19.5 Å². The second kappa shape index (κ2) is 6.61. The highest BCUT2D eigenvalue weighted by atomic mass is 79.9. The van der Waals surface area contributed by atoms with E-state index >= 15 is 0 Å². The molecule has 0 saturated heterocycles. The second-order valence-electron chi connectivity index (χ2n) is 4.30. The molecule has 0 spiro atoms. The van der Waals surface area contributed by atoms with E-state index in [1.165, 1.54) is 0 Å². The van der Waals surface area contributed by atoms with Crippen LogP contribution in [-0.2, 0) is 6.54 Å². The molecule has 0 aliphatic rings. The molecule has 0 radical (unpaired) electrons. The molecule has 1 N–H and O–H groups in total. The van der Waals surface area contributed by atoms with Crippen LogP contribution in [0.2, 0.25) is 5.02 Å². The van der Waals surface area contributed by atoms with Crippen molar-refractivity contribution in [2.24, 2.45) is 0 Å². The molecule has 1 heterocycles. The van der Waals surface area contributed by atoms with Crippen molar-refractivity contribution in [2.75, 3.05) is 14.2 Å². The number of benzene rings is 1. The fourth-order valence-electron chi connectivity index (χ4n) is 2.27. The van der Waals surface area contributed by atoms with Crippen LogP contribution in [0.15, 0.2) is 28.9 Å². The zero-order valence-electron chi connectivity index (χ0n) is 11.7. The fraction of sp³-hybridized carbons (Fsp3) is 0.357. The van der Waals surface area contributed by atoms with Crippen molar-refractivity contribution in [1.82, 2.24) is 15.1 Å². The highest BCUT2D eigenvalue weighted by Gasteiger charge is 2.23. The molecule has 6 heteroatoms. The summed E-state index contributed by atoms with van der Waals surface area (Å²) in [6, 6.07) is 5.88. The first-order valence-corrected chi connectivity index (χ1v) is 7.51. The first kappa shape index (κ1) is 15.4. The van der Waals surface area contributed by atoms with Crippen LogP contribution < -0.4 is 10.1 Å². The monoisotopic (exact) mass is 357 g/mol. The van der Waals surface area contributed by atoms with E-state index in [-0.39, 0.29) is 6.04 Å². The van der Waals surface area contributed by atoms with Gasteiger partial charge in [0.1, 0.15) is 5.75 Å². The Labute approximate surface area is 132 Å². The van der Waals surface area contributed by atoms with E-state index < -0.39 is 0 Å². The lowest BCUT2D eigenvalue weighted by Gasteiger charge is -2.21. The Hall–Kier alpha value is -1.04. The number of methoxy groups -OCH3 is 1. The van der Waals surface area contributed by atoms with Gasteiger partial charge in [-0.05, 0) is 26.1 Å². The van der Waals surface area contributed by atoms with Crippen LogP contribution >= 0.6 is 27.5 Å². The van der Waals surface area contributed by atoms with Crippen LogP contribution in [0.25, 0.3) is 0 Å². The van der Waals surface area contributed by atoms with Crippen LogP contribution in [0.1, 0.15) is 24.2 Å². The standard InChI is InChI=1S/C14H17BrClN3O/c1-4-19-14(11(16)8-18-19)13(17-2)10-6-5-9(15)7-12(10)20-3/h5-8,13,17H,4H2,1-3H3. The fourth-order valence-corrected chi connectivity index (χ4v) is 2.86. The van der Waals surface area contributed by atoms with Gasteiger partial charge in [0.2, 0.25) is 0 Å². The van der Waals surface area contributed by atoms with E-state index in [9.17, 15) is 0 Å². The van der Waals surface area contributed by atoms with Gasteiger partial charge in [-0.1, -0.05) is 33.6 Å². The van der Waals surface area contributed by atoms with Crippen LogP contribution in [-0.4, -0.2) is 23.9 Å². The summed E-state index contributed by atoms with van der Waals surface area (Å²) in [6.07, 6.45) is 1.68. The summed E-state index contributed by atoms with van der Waals surface area (Å²) in [6.45, 7) is 2.80. The largest absolute Gasteiger partial charge is 0.496 e. The number of hydrogen-bond donors (Lipinski definition) is 1. The van der Waals surface area contributed by atoms with Crippen LogP contribution in [0.4, 0.5) is 0 Å². The van der Waals surface area contributed by atoms with Gasteiger partial charge >= 0.3 is 0 Å². The maximum absolute atomic E-state index is 6.30. The maximum Gasteiger partial charge on any atom is 0.125 e. The van der Waals surface area contributed by atoms with Gasteiger partial charge in [-0.25, -0.2) is 0 Å². The molecule has 2 rings (SSSR count). The highest BCUT2D eigenvalue weighted by molar-refractivity contribution is 9.10. The molecule has 1 atom stereocenters. The predicted molar refractivity (Wildman–Crippen MR) is 84.5 cm³/mol. The molecule has 1 unspecified atom stereocenters. The van der Waals surface area contributed by atoms with Crippen LogP contribution in [0, 0.1) is 0 Å². The van der Waals surface area contributed by atoms with Crippen molar-refractivity contribution >= 4 is 27.5 Å². The lowest BCUT2D eigenvalue weighted by atomic mass is 10.0. The Morgan fingerprint density at radius 2 is 2.25 bits per heavy atom. The third kappa shape index (κ3) is 2.85. The Bertz CT molecular complexity index is 600. The van der Waals surface area contributed by atoms with Crippen molar-refractivity contribution in [3.8, 4) is 5.75 Å². The molecule has 20 heavy (non-hydrogen) atoms. The number of nitrogens with zero attached hydrogens (tertiary/aromatic N) is 2. The van der Waals surface area contributed by atoms with E-state index in [4.69, 9.17) is 16.3 Å². The van der Waals surface area contributed by atoms with E-state index in [1.807, 2.05) is 36.9 Å². The minimum Gasteiger partial charge on any atom is -0.496 e. The first-order valence-electron chi connectivity index (χ1n) is 6.34. The minimum atomic E-state index is -0.0759. The molecule has 0 bridgehead atoms. The summed E-state index contributed by atoms with van der Waals surface area (Å²) in [5.74, 6) is 0.804. The second-order valence-corrected chi connectivity index (χ2v) is 5.62. The van der Waals surface area contributed by atoms with Crippen molar-refractivity contribution in [3.05, 3.63) is 45.1 Å². The summed E-state index contributed by atoms with van der Waals surface area (Å²) in [4.78, 5) is 0. The SMILES string of the molecule is CCn1ncc(Cl)c1C(NC)c1ccc(Br)cc1OC. The van der Waals surface area contributed by atoms with E-state index in [1.54, 1.807) is 13.3 Å². The lowest BCUT2D eigenvalue weighted by Crippen LogP contribution is -2.22. The average Bonchev–Trinajstić information content (AvgIpc) is 2.82. The number of aromatic nitrogens is 2. The third-order valence-corrected chi connectivity index (χ3v) is 3.99. The summed E-state index contributed by atoms with van der Waals surface area (Å²) >= 11 is 9.76. The van der Waals surface area contributed by atoms with Crippen LogP contribution in [0.3, 0.4) is 0 Å². The van der Waals surface area contributed by atoms with Crippen molar-refractivity contribution in [1.29, 1.82) is 0 Å². The average molecular weight is 359 g/mol. The molecule has 0 fully saturated rings. The summed E-state index contributed by atoms with van der Waals surface area (Å²) in [5, 5.41) is 8.24. The summed E-state index contributed by atoms with van der Waals surface area (Å²) in [7, 11) is 3.56. The topological polar surface area (TPSA) is 39.1 Å². The number of rotatable bonds is 5. The van der Waals surface area contributed by atoms with Gasteiger partial charge < -0.3 is 10.1 Å². The molecule has 1 aromatic heterocycles. The van der Waals surface area contributed by atoms with Crippen LogP contribution in [0.5, 0.6) is 5.75 Å². The van der Waals surface area contributed by atoms with E-state index in [0.29, 0.717) is 5.02 Å². The normalized spacial score (nSPS) is 12.4. The van der Waals surface area contributed by atoms with Gasteiger partial charge in [0.25, 0.3) is 0 Å². The minimum absolute atomic E-state index is 0.0759. The van der Waals surface area contributed by atoms with Gasteiger partial charge in [-0.2, -0.15) is 5.10 Å². The van der Waals surface area contributed by atoms with Crippen molar-refractivity contribution < 1.29 is 4.74 Å². The predicted octanol–water partition coefficient (Wildman–Crippen LogP) is 3.64. The highest BCUT2D eigenvalue weighted by Crippen LogP contribution is 2.34.